The summed E-state index contributed by atoms with van der Waals surface area (Å²) in [6, 6.07) is 2.02. The summed E-state index contributed by atoms with van der Waals surface area (Å²) in [6.07, 6.45) is 9.62. The third-order valence-electron chi connectivity index (χ3n) is 5.10. The molecule has 0 aromatic carbocycles. The number of rotatable bonds is 3. The zero-order valence-corrected chi connectivity index (χ0v) is 11.6. The zero-order valence-electron chi connectivity index (χ0n) is 11.6. The van der Waals surface area contributed by atoms with Crippen molar-refractivity contribution < 1.29 is 5.11 Å². The average Bonchev–Trinajstić information content (AvgIpc) is 2.80. The highest BCUT2D eigenvalue weighted by Crippen LogP contribution is 2.45. The van der Waals surface area contributed by atoms with Crippen LogP contribution in [0.2, 0.25) is 0 Å². The van der Waals surface area contributed by atoms with Crippen molar-refractivity contribution >= 4 is 5.82 Å². The van der Waals surface area contributed by atoms with E-state index in [1.807, 2.05) is 6.07 Å². The van der Waals surface area contributed by atoms with Crippen molar-refractivity contribution in [2.45, 2.75) is 57.4 Å². The van der Waals surface area contributed by atoms with Crippen LogP contribution in [0.5, 0.6) is 0 Å². The molecule has 0 radical (unpaired) electrons. The van der Waals surface area contributed by atoms with Crippen LogP contribution in [0.25, 0.3) is 0 Å². The number of nitrogens with zero attached hydrogens (tertiary/aromatic N) is 2. The first-order valence-corrected chi connectivity index (χ1v) is 7.72. The van der Waals surface area contributed by atoms with E-state index in [1.165, 1.54) is 44.9 Å². The predicted octanol–water partition coefficient (Wildman–Crippen LogP) is 2.53. The van der Waals surface area contributed by atoms with E-state index in [4.69, 9.17) is 10.8 Å². The molecule has 0 amide bonds. The van der Waals surface area contributed by atoms with Crippen molar-refractivity contribution in [2.75, 3.05) is 12.3 Å². The van der Waals surface area contributed by atoms with E-state index in [2.05, 4.69) is 5.10 Å². The standard InChI is InChI=1S/C15H25N3O/c16-15-10-14(17-18(15)7-8-19)13-6-5-11-3-1-2-4-12(11)9-13/h10-13,19H,1-9,16H2. The number of hydrogen-bond donors (Lipinski definition) is 2. The number of nitrogens with two attached hydrogens (primary N) is 1. The third kappa shape index (κ3) is 2.64. The topological polar surface area (TPSA) is 64.1 Å². The highest BCUT2D eigenvalue weighted by atomic mass is 16.3. The van der Waals surface area contributed by atoms with Gasteiger partial charge in [0, 0.05) is 12.0 Å². The first-order chi connectivity index (χ1) is 9.28. The van der Waals surface area contributed by atoms with Crippen LogP contribution in [0.15, 0.2) is 6.07 Å². The van der Waals surface area contributed by atoms with E-state index in [9.17, 15) is 0 Å². The molecule has 0 aliphatic heterocycles. The van der Waals surface area contributed by atoms with Crippen molar-refractivity contribution in [2.24, 2.45) is 11.8 Å². The summed E-state index contributed by atoms with van der Waals surface area (Å²) in [7, 11) is 0. The highest BCUT2D eigenvalue weighted by Gasteiger charge is 2.33. The van der Waals surface area contributed by atoms with Gasteiger partial charge in [-0.1, -0.05) is 25.7 Å². The Bertz CT molecular complexity index is 429. The van der Waals surface area contributed by atoms with Gasteiger partial charge in [0.25, 0.3) is 0 Å². The molecule has 1 aromatic heterocycles. The molecule has 2 fully saturated rings. The molecule has 2 aliphatic rings. The van der Waals surface area contributed by atoms with E-state index < -0.39 is 0 Å². The molecule has 2 aliphatic carbocycles. The minimum Gasteiger partial charge on any atom is -0.394 e. The lowest BCUT2D eigenvalue weighted by Gasteiger charge is -2.38. The number of anilines is 1. The van der Waals surface area contributed by atoms with Gasteiger partial charge in [-0.3, -0.25) is 0 Å². The lowest BCUT2D eigenvalue weighted by atomic mass is 9.67. The maximum atomic E-state index is 9.00. The molecule has 3 unspecified atom stereocenters. The lowest BCUT2D eigenvalue weighted by molar-refractivity contribution is 0.154. The van der Waals surface area contributed by atoms with Gasteiger partial charge in [-0.05, 0) is 31.1 Å². The monoisotopic (exact) mass is 263 g/mol. The second-order valence-electron chi connectivity index (χ2n) is 6.26. The van der Waals surface area contributed by atoms with Gasteiger partial charge in [0.05, 0.1) is 18.8 Å². The van der Waals surface area contributed by atoms with Crippen molar-refractivity contribution in [1.82, 2.24) is 9.78 Å². The molecule has 2 saturated carbocycles. The Labute approximate surface area is 115 Å². The second-order valence-corrected chi connectivity index (χ2v) is 6.26. The number of aliphatic hydroxyl groups excluding tert-OH is 1. The summed E-state index contributed by atoms with van der Waals surface area (Å²) in [5, 5.41) is 13.6. The van der Waals surface area contributed by atoms with Gasteiger partial charge in [-0.25, -0.2) is 4.68 Å². The van der Waals surface area contributed by atoms with E-state index >= 15 is 0 Å². The van der Waals surface area contributed by atoms with Gasteiger partial charge >= 0.3 is 0 Å². The van der Waals surface area contributed by atoms with Crippen molar-refractivity contribution in [3.63, 3.8) is 0 Å². The molecule has 1 aromatic rings. The Morgan fingerprint density at radius 2 is 2.00 bits per heavy atom. The third-order valence-corrected chi connectivity index (χ3v) is 5.10. The van der Waals surface area contributed by atoms with Gasteiger partial charge in [-0.2, -0.15) is 5.10 Å². The minimum absolute atomic E-state index is 0.0979. The number of fused-ring (bicyclic) bond motifs is 1. The predicted molar refractivity (Wildman–Crippen MR) is 75.8 cm³/mol. The lowest BCUT2D eigenvalue weighted by Crippen LogP contribution is -2.27. The van der Waals surface area contributed by atoms with Gasteiger partial charge in [0.15, 0.2) is 0 Å². The Morgan fingerprint density at radius 3 is 2.79 bits per heavy atom. The Kier molecular flexibility index (Phi) is 3.78. The Morgan fingerprint density at radius 1 is 1.21 bits per heavy atom. The number of hydrogen-bond acceptors (Lipinski definition) is 3. The fourth-order valence-corrected chi connectivity index (χ4v) is 4.07. The number of aliphatic hydroxyl groups is 1. The fraction of sp³-hybridized carbons (Fsp3) is 0.800. The first-order valence-electron chi connectivity index (χ1n) is 7.72. The molecule has 0 spiro atoms. The van der Waals surface area contributed by atoms with Crippen molar-refractivity contribution in [3.05, 3.63) is 11.8 Å². The van der Waals surface area contributed by atoms with Crippen LogP contribution in [0.3, 0.4) is 0 Å². The van der Waals surface area contributed by atoms with Crippen LogP contribution in [0.1, 0.15) is 56.6 Å². The van der Waals surface area contributed by atoms with Crippen LogP contribution in [0, 0.1) is 11.8 Å². The molecule has 4 nitrogen and oxygen atoms in total. The molecule has 0 bridgehead atoms. The van der Waals surface area contributed by atoms with Gasteiger partial charge < -0.3 is 10.8 Å². The SMILES string of the molecule is Nc1cc(C2CCC3CCCCC3C2)nn1CCO. The van der Waals surface area contributed by atoms with Crippen LogP contribution in [0.4, 0.5) is 5.82 Å². The first kappa shape index (κ1) is 13.0. The molecule has 0 saturated heterocycles. The molecule has 106 valence electrons. The maximum absolute atomic E-state index is 9.00. The molecular formula is C15H25N3O. The largest absolute Gasteiger partial charge is 0.394 e. The Balaban J connectivity index is 1.70. The van der Waals surface area contributed by atoms with E-state index in [0.717, 1.165) is 17.5 Å². The summed E-state index contributed by atoms with van der Waals surface area (Å²) in [5.74, 6) is 3.16. The van der Waals surface area contributed by atoms with Crippen molar-refractivity contribution in [1.29, 1.82) is 0 Å². The van der Waals surface area contributed by atoms with Crippen molar-refractivity contribution in [3.8, 4) is 0 Å². The summed E-state index contributed by atoms with van der Waals surface area (Å²) >= 11 is 0. The van der Waals surface area contributed by atoms with Gasteiger partial charge in [0.2, 0.25) is 0 Å². The molecule has 19 heavy (non-hydrogen) atoms. The molecule has 3 atom stereocenters. The Hall–Kier alpha value is -1.03. The molecule has 1 heterocycles. The summed E-state index contributed by atoms with van der Waals surface area (Å²) in [6.45, 7) is 0.602. The van der Waals surface area contributed by atoms with E-state index in [1.54, 1.807) is 4.68 Å². The quantitative estimate of drug-likeness (QED) is 0.880. The van der Waals surface area contributed by atoms with Crippen LogP contribution >= 0.6 is 0 Å². The number of nitrogen functional groups attached to an aromatic ring is 1. The van der Waals surface area contributed by atoms with Crippen LogP contribution < -0.4 is 5.73 Å². The average molecular weight is 263 g/mol. The summed E-state index contributed by atoms with van der Waals surface area (Å²) in [5.41, 5.74) is 7.10. The fourth-order valence-electron chi connectivity index (χ4n) is 4.07. The minimum atomic E-state index is 0.0979. The molecule has 3 N–H and O–H groups in total. The molecular weight excluding hydrogens is 238 g/mol. The highest BCUT2D eigenvalue weighted by molar-refractivity contribution is 5.32. The van der Waals surface area contributed by atoms with Crippen LogP contribution in [-0.4, -0.2) is 21.5 Å². The number of aromatic nitrogens is 2. The molecule has 4 heteroatoms. The van der Waals surface area contributed by atoms with E-state index in [0.29, 0.717) is 18.3 Å². The van der Waals surface area contributed by atoms with E-state index in [-0.39, 0.29) is 6.61 Å². The maximum Gasteiger partial charge on any atom is 0.122 e. The molecule has 3 rings (SSSR count). The van der Waals surface area contributed by atoms with Gasteiger partial charge in [-0.15, -0.1) is 0 Å². The zero-order chi connectivity index (χ0) is 13.2. The summed E-state index contributed by atoms with van der Waals surface area (Å²) < 4.78 is 1.74. The van der Waals surface area contributed by atoms with Gasteiger partial charge in [0.1, 0.15) is 5.82 Å². The van der Waals surface area contributed by atoms with Crippen LogP contribution in [-0.2, 0) is 6.54 Å². The smallest absolute Gasteiger partial charge is 0.122 e. The summed E-state index contributed by atoms with van der Waals surface area (Å²) in [4.78, 5) is 0. The normalized spacial score (nSPS) is 31.1. The second kappa shape index (κ2) is 5.53.